The molecule has 1 nitrogen and oxygen atoms in total. The number of ether oxygens (including phenoxy) is 1. The smallest absolute Gasteiger partial charge is 0.377 e. The Hall–Kier alpha value is -1.29. The van der Waals surface area contributed by atoms with Crippen molar-refractivity contribution >= 4 is 0 Å². The molecule has 1 aromatic carbocycles. The van der Waals surface area contributed by atoms with Crippen LogP contribution in [0, 0.1) is 0 Å². The van der Waals surface area contributed by atoms with Crippen molar-refractivity contribution in [3.63, 3.8) is 0 Å². The van der Waals surface area contributed by atoms with Crippen molar-refractivity contribution in [1.82, 2.24) is 0 Å². The highest BCUT2D eigenvalue weighted by Gasteiger charge is 2.24. The second-order valence-corrected chi connectivity index (χ2v) is 5.39. The van der Waals surface area contributed by atoms with E-state index in [0.29, 0.717) is 6.61 Å². The number of allylic oxidation sites excluding steroid dienone is 2. The molecule has 0 saturated heterocycles. The summed E-state index contributed by atoms with van der Waals surface area (Å²) in [7, 11) is 0. The first-order valence-corrected chi connectivity index (χ1v) is 7.91. The van der Waals surface area contributed by atoms with Crippen LogP contribution in [0.4, 0.5) is 13.2 Å². The van der Waals surface area contributed by atoms with Crippen LogP contribution in [0.3, 0.4) is 0 Å². The van der Waals surface area contributed by atoms with Crippen LogP contribution in [0.1, 0.15) is 50.5 Å². The lowest BCUT2D eigenvalue weighted by Crippen LogP contribution is -2.03. The minimum Gasteiger partial charge on any atom is -0.377 e. The highest BCUT2D eigenvalue weighted by molar-refractivity contribution is 5.13. The molecule has 0 amide bonds. The van der Waals surface area contributed by atoms with Crippen molar-refractivity contribution < 1.29 is 17.9 Å². The van der Waals surface area contributed by atoms with Gasteiger partial charge in [-0.1, -0.05) is 61.7 Å². The predicted molar refractivity (Wildman–Crippen MR) is 83.6 cm³/mol. The molecule has 0 atom stereocenters. The predicted octanol–water partition coefficient (Wildman–Crippen LogP) is 6.05. The van der Waals surface area contributed by atoms with Crippen molar-refractivity contribution in [3.05, 3.63) is 48.0 Å². The average molecular weight is 314 g/mol. The van der Waals surface area contributed by atoms with E-state index in [-0.39, 0.29) is 0 Å². The molecule has 0 aromatic heterocycles. The highest BCUT2D eigenvalue weighted by Crippen LogP contribution is 2.20. The Kier molecular flexibility index (Phi) is 9.64. The Morgan fingerprint density at radius 3 is 2.27 bits per heavy atom. The van der Waals surface area contributed by atoms with E-state index >= 15 is 0 Å². The lowest BCUT2D eigenvalue weighted by molar-refractivity contribution is -0.125. The Morgan fingerprint density at radius 2 is 1.55 bits per heavy atom. The summed E-state index contributed by atoms with van der Waals surface area (Å²) in [6.45, 7) is 1.42. The van der Waals surface area contributed by atoms with Crippen LogP contribution in [-0.4, -0.2) is 12.8 Å². The van der Waals surface area contributed by atoms with Gasteiger partial charge in [0.05, 0.1) is 13.0 Å². The van der Waals surface area contributed by atoms with Gasteiger partial charge in [0.25, 0.3) is 0 Å². The van der Waals surface area contributed by atoms with Crippen LogP contribution in [0.15, 0.2) is 42.5 Å². The molecule has 0 radical (unpaired) electrons. The third kappa shape index (κ3) is 11.4. The van der Waals surface area contributed by atoms with E-state index in [9.17, 15) is 13.2 Å². The maximum absolute atomic E-state index is 11.9. The van der Waals surface area contributed by atoms with Gasteiger partial charge in [-0.25, -0.2) is 0 Å². The largest absolute Gasteiger partial charge is 0.392 e. The molecule has 0 heterocycles. The van der Waals surface area contributed by atoms with E-state index in [4.69, 9.17) is 4.74 Å². The summed E-state index contributed by atoms with van der Waals surface area (Å²) >= 11 is 0. The second-order valence-electron chi connectivity index (χ2n) is 5.39. The summed E-state index contributed by atoms with van der Waals surface area (Å²) in [5.41, 5.74) is 1.19. The van der Waals surface area contributed by atoms with Gasteiger partial charge in [0.15, 0.2) is 0 Å². The second kappa shape index (κ2) is 11.3. The van der Waals surface area contributed by atoms with Crippen LogP contribution >= 0.6 is 0 Å². The third-order valence-corrected chi connectivity index (χ3v) is 3.29. The summed E-state index contributed by atoms with van der Waals surface area (Å²) in [5, 5.41) is 0. The van der Waals surface area contributed by atoms with E-state index in [2.05, 4.69) is 0 Å². The van der Waals surface area contributed by atoms with Crippen LogP contribution in [0.25, 0.3) is 0 Å². The van der Waals surface area contributed by atoms with E-state index in [1.807, 2.05) is 30.3 Å². The number of unbranched alkanes of at least 4 members (excludes halogenated alkanes) is 5. The van der Waals surface area contributed by atoms with Crippen LogP contribution in [0.5, 0.6) is 0 Å². The molecule has 0 saturated carbocycles. The molecule has 1 aromatic rings. The molecule has 0 fully saturated rings. The van der Waals surface area contributed by atoms with Crippen LogP contribution in [-0.2, 0) is 11.3 Å². The third-order valence-electron chi connectivity index (χ3n) is 3.29. The normalized spacial score (nSPS) is 12.1. The maximum Gasteiger partial charge on any atom is 0.392 e. The van der Waals surface area contributed by atoms with Crippen molar-refractivity contribution in [2.45, 2.75) is 57.7 Å². The van der Waals surface area contributed by atoms with Crippen molar-refractivity contribution in [3.8, 4) is 0 Å². The molecule has 0 aliphatic carbocycles. The number of hydrogen-bond acceptors (Lipinski definition) is 1. The zero-order chi connectivity index (χ0) is 16.1. The van der Waals surface area contributed by atoms with Crippen molar-refractivity contribution in [2.24, 2.45) is 0 Å². The van der Waals surface area contributed by atoms with Gasteiger partial charge in [0.1, 0.15) is 0 Å². The topological polar surface area (TPSA) is 9.23 Å². The minimum atomic E-state index is -4.07. The molecule has 1 rings (SSSR count). The van der Waals surface area contributed by atoms with Crippen molar-refractivity contribution in [2.75, 3.05) is 6.61 Å². The Morgan fingerprint density at radius 1 is 0.864 bits per heavy atom. The van der Waals surface area contributed by atoms with Gasteiger partial charge in [-0.15, -0.1) is 0 Å². The lowest BCUT2D eigenvalue weighted by atomic mass is 10.1. The average Bonchev–Trinajstić information content (AvgIpc) is 2.48. The van der Waals surface area contributed by atoms with Gasteiger partial charge in [-0.3, -0.25) is 0 Å². The molecule has 0 N–H and O–H groups in total. The molecule has 0 spiro atoms. The Balaban J connectivity index is 1.84. The molecule has 4 heteroatoms. The number of hydrogen-bond donors (Lipinski definition) is 0. The Labute approximate surface area is 131 Å². The van der Waals surface area contributed by atoms with Crippen LogP contribution in [0.2, 0.25) is 0 Å². The fourth-order valence-electron chi connectivity index (χ4n) is 2.10. The van der Waals surface area contributed by atoms with E-state index in [0.717, 1.165) is 45.1 Å². The maximum atomic E-state index is 11.9. The quantitative estimate of drug-likeness (QED) is 0.357. The van der Waals surface area contributed by atoms with E-state index in [1.165, 1.54) is 11.6 Å². The van der Waals surface area contributed by atoms with Gasteiger partial charge in [0, 0.05) is 6.61 Å². The summed E-state index contributed by atoms with van der Waals surface area (Å²) < 4.78 is 41.2. The first-order valence-electron chi connectivity index (χ1n) is 7.91. The summed E-state index contributed by atoms with van der Waals surface area (Å²) in [6.07, 6.45) is 3.99. The highest BCUT2D eigenvalue weighted by atomic mass is 19.4. The fraction of sp³-hybridized carbons (Fsp3) is 0.556. The zero-order valence-electron chi connectivity index (χ0n) is 12.9. The molecule has 0 aliphatic rings. The standard InChI is InChI=1S/C18H25F3O/c19-18(20,21)14-10-5-3-1-2-4-6-11-15-22-16-17-12-8-7-9-13-17/h5,7-10,12-13H,1-4,6,11,14-16H2/b10-5+. The van der Waals surface area contributed by atoms with Gasteiger partial charge in [-0.2, -0.15) is 13.2 Å². The van der Waals surface area contributed by atoms with Crippen LogP contribution < -0.4 is 0 Å². The van der Waals surface area contributed by atoms with Gasteiger partial charge < -0.3 is 4.74 Å². The lowest BCUT2D eigenvalue weighted by Gasteiger charge is -2.04. The fourth-order valence-corrected chi connectivity index (χ4v) is 2.10. The molecular formula is C18H25F3O. The SMILES string of the molecule is FC(F)(F)C/C=C/CCCCCCCOCc1ccccc1. The number of alkyl halides is 3. The monoisotopic (exact) mass is 314 g/mol. The molecule has 0 unspecified atom stereocenters. The van der Waals surface area contributed by atoms with Gasteiger partial charge in [-0.05, 0) is 24.8 Å². The molecule has 0 aliphatic heterocycles. The van der Waals surface area contributed by atoms with Gasteiger partial charge >= 0.3 is 6.18 Å². The Bertz CT molecular complexity index is 399. The summed E-state index contributed by atoms with van der Waals surface area (Å²) in [6, 6.07) is 10.1. The number of benzene rings is 1. The molecule has 0 bridgehead atoms. The first-order chi connectivity index (χ1) is 10.6. The van der Waals surface area contributed by atoms with E-state index < -0.39 is 12.6 Å². The molecule has 124 valence electrons. The minimum absolute atomic E-state index is 0.658. The first kappa shape index (κ1) is 18.8. The summed E-state index contributed by atoms with van der Waals surface area (Å²) in [4.78, 5) is 0. The zero-order valence-corrected chi connectivity index (χ0v) is 12.9. The molecular weight excluding hydrogens is 289 g/mol. The van der Waals surface area contributed by atoms with Gasteiger partial charge in [0.2, 0.25) is 0 Å². The van der Waals surface area contributed by atoms with Crippen molar-refractivity contribution in [1.29, 1.82) is 0 Å². The number of rotatable bonds is 11. The van der Waals surface area contributed by atoms with E-state index in [1.54, 1.807) is 6.08 Å². The summed E-state index contributed by atoms with van der Waals surface area (Å²) in [5.74, 6) is 0. The molecule has 22 heavy (non-hydrogen) atoms. The number of halogens is 3.